The average molecular weight is 799 g/mol. The first-order valence-electron chi connectivity index (χ1n) is 16.8. The number of carboxylic acid groups (broad SMARTS) is 2. The van der Waals surface area contributed by atoms with Gasteiger partial charge in [-0.1, -0.05) is 48.5 Å². The molecule has 8 N–H and O–H groups in total. The molecule has 0 spiro atoms. The first-order valence-corrected chi connectivity index (χ1v) is 19.7. The van der Waals surface area contributed by atoms with Crippen LogP contribution >= 0.6 is 0 Å². The van der Waals surface area contributed by atoms with Crippen molar-refractivity contribution in [1.82, 2.24) is 9.44 Å². The summed E-state index contributed by atoms with van der Waals surface area (Å²) in [7, 11) is -8.62. The highest BCUT2D eigenvalue weighted by molar-refractivity contribution is 7.89. The molecular weight excluding hydrogens is 765 g/mol. The highest BCUT2D eigenvalue weighted by atomic mass is 32.2. The molecule has 2 atom stereocenters. The van der Waals surface area contributed by atoms with Crippen LogP contribution in [0.3, 0.4) is 0 Å². The number of hydrogen-bond donors (Lipinski definition) is 8. The Balaban J connectivity index is 1.14. The second kappa shape index (κ2) is 16.1. The van der Waals surface area contributed by atoms with Gasteiger partial charge in [-0.2, -0.15) is 9.44 Å². The average Bonchev–Trinajstić information content (AvgIpc) is 3.15. The highest BCUT2D eigenvalue weighted by Gasteiger charge is 2.27. The number of hydrogen-bond acceptors (Lipinski definition) is 9. The number of phenols is 2. The van der Waals surface area contributed by atoms with Crippen LogP contribution in [0.4, 0.5) is 16.2 Å². The van der Waals surface area contributed by atoms with E-state index in [-0.39, 0.29) is 34.1 Å². The van der Waals surface area contributed by atoms with Crippen LogP contribution in [-0.4, -0.2) is 67.3 Å². The van der Waals surface area contributed by atoms with Gasteiger partial charge in [-0.3, -0.25) is 9.59 Å². The highest BCUT2D eigenvalue weighted by Crippen LogP contribution is 2.26. The fourth-order valence-corrected chi connectivity index (χ4v) is 8.29. The minimum absolute atomic E-state index is 0.0187. The van der Waals surface area contributed by atoms with Crippen LogP contribution in [0.2, 0.25) is 0 Å². The topological polar surface area (TPSA) is 249 Å². The van der Waals surface area contributed by atoms with E-state index >= 15 is 0 Å². The number of rotatable bonds is 14. The van der Waals surface area contributed by atoms with E-state index in [2.05, 4.69) is 20.1 Å². The predicted octanol–water partition coefficient (Wildman–Crippen LogP) is 5.00. The van der Waals surface area contributed by atoms with Crippen LogP contribution in [0.25, 0.3) is 21.5 Å². The molecule has 17 heteroatoms. The fourth-order valence-electron chi connectivity index (χ4n) is 5.84. The number of fused-ring (bicyclic) bond motifs is 2. The minimum Gasteiger partial charge on any atom is -0.508 e. The molecule has 288 valence electrons. The Bertz CT molecular complexity index is 2500. The molecule has 0 bridgehead atoms. The van der Waals surface area contributed by atoms with Gasteiger partial charge in [0.05, 0.1) is 9.79 Å². The number of sulfonamides is 2. The monoisotopic (exact) mass is 798 g/mol. The van der Waals surface area contributed by atoms with Gasteiger partial charge in [0.2, 0.25) is 20.0 Å². The predicted molar refractivity (Wildman–Crippen MR) is 208 cm³/mol. The Morgan fingerprint density at radius 2 is 0.839 bits per heavy atom. The molecule has 0 aliphatic heterocycles. The fraction of sp³-hybridized carbons (Fsp3) is 0.103. The number of benzene rings is 6. The summed E-state index contributed by atoms with van der Waals surface area (Å²) in [5, 5.41) is 45.9. The maximum Gasteiger partial charge on any atom is 0.323 e. The molecule has 2 amide bonds. The van der Waals surface area contributed by atoms with Gasteiger partial charge in [0.15, 0.2) is 0 Å². The van der Waals surface area contributed by atoms with Crippen LogP contribution in [-0.2, 0) is 42.5 Å². The Morgan fingerprint density at radius 3 is 1.20 bits per heavy atom. The zero-order valence-corrected chi connectivity index (χ0v) is 30.7. The van der Waals surface area contributed by atoms with Crippen LogP contribution in [0.15, 0.2) is 131 Å². The molecule has 0 aliphatic carbocycles. The summed E-state index contributed by atoms with van der Waals surface area (Å²) in [5.74, 6) is -2.81. The summed E-state index contributed by atoms with van der Waals surface area (Å²) in [6.45, 7) is 0. The van der Waals surface area contributed by atoms with E-state index in [0.29, 0.717) is 44.0 Å². The van der Waals surface area contributed by atoms with Crippen molar-refractivity contribution in [1.29, 1.82) is 0 Å². The summed E-state index contributed by atoms with van der Waals surface area (Å²) in [4.78, 5) is 36.5. The van der Waals surface area contributed by atoms with Gasteiger partial charge in [0.1, 0.15) is 23.6 Å². The molecule has 15 nitrogen and oxygen atoms in total. The Morgan fingerprint density at radius 1 is 0.482 bits per heavy atom. The first kappa shape index (κ1) is 39.2. The van der Waals surface area contributed by atoms with Gasteiger partial charge < -0.3 is 31.1 Å². The van der Waals surface area contributed by atoms with Crippen molar-refractivity contribution < 1.29 is 51.6 Å². The molecule has 0 heterocycles. The van der Waals surface area contributed by atoms with Crippen molar-refractivity contribution in [3.63, 3.8) is 0 Å². The third-order valence-electron chi connectivity index (χ3n) is 8.70. The molecule has 0 fully saturated rings. The Labute approximate surface area is 320 Å². The summed E-state index contributed by atoms with van der Waals surface area (Å²) in [6, 6.07) is 25.8. The summed E-state index contributed by atoms with van der Waals surface area (Å²) in [5.41, 5.74) is 1.59. The molecule has 56 heavy (non-hydrogen) atoms. The lowest BCUT2D eigenvalue weighted by atomic mass is 10.1. The number of carbonyl (C=O) groups excluding carboxylic acids is 1. The van der Waals surface area contributed by atoms with Gasteiger partial charge >= 0.3 is 18.0 Å². The summed E-state index contributed by atoms with van der Waals surface area (Å²) >= 11 is 0. The molecule has 6 aromatic carbocycles. The van der Waals surface area contributed by atoms with E-state index in [1.807, 2.05) is 0 Å². The van der Waals surface area contributed by atoms with Crippen molar-refractivity contribution in [2.24, 2.45) is 0 Å². The zero-order chi connectivity index (χ0) is 40.2. The maximum atomic E-state index is 13.3. The molecule has 0 aromatic heterocycles. The van der Waals surface area contributed by atoms with E-state index in [4.69, 9.17) is 0 Å². The summed E-state index contributed by atoms with van der Waals surface area (Å²) < 4.78 is 57.5. The largest absolute Gasteiger partial charge is 0.508 e. The number of nitrogens with one attached hydrogen (secondary N) is 4. The van der Waals surface area contributed by atoms with Gasteiger partial charge in [-0.05, 0) is 118 Å². The van der Waals surface area contributed by atoms with Crippen molar-refractivity contribution in [2.75, 3.05) is 10.6 Å². The zero-order valence-electron chi connectivity index (χ0n) is 29.1. The van der Waals surface area contributed by atoms with E-state index in [9.17, 15) is 51.6 Å². The normalized spacial score (nSPS) is 12.9. The van der Waals surface area contributed by atoms with E-state index in [1.54, 1.807) is 36.4 Å². The number of aromatic hydroxyl groups is 2. The standard InChI is InChI=1S/C39H34N4O11S2/c44-31-11-1-23(2-12-31)17-35(37(46)47)42-55(51,52)33-15-7-25-5-9-29(19-27(25)21-33)40-39(50)41-30-10-6-26-8-16-34(22-28(26)20-30)56(53,54)43-36(38(48)49)18-24-3-13-32(45)14-4-24/h1-16,19-22,35-36,42-45H,17-18H2,(H,46,47)(H,48,49)(H2,40,41,50)/t35-,36-/m0/s1. The lowest BCUT2D eigenvalue weighted by molar-refractivity contribution is -0.139. The Hall–Kier alpha value is -6.53. The molecule has 0 saturated heterocycles. The number of carboxylic acids is 2. The van der Waals surface area contributed by atoms with Gasteiger partial charge in [-0.15, -0.1) is 0 Å². The molecule has 0 radical (unpaired) electrons. The molecule has 6 aromatic rings. The van der Waals surface area contributed by atoms with Crippen LogP contribution in [0, 0.1) is 0 Å². The number of phenolic OH excluding ortho intramolecular Hbond substituents is 2. The van der Waals surface area contributed by atoms with Crippen LogP contribution < -0.4 is 20.1 Å². The van der Waals surface area contributed by atoms with Gasteiger partial charge in [0.25, 0.3) is 0 Å². The first-order chi connectivity index (χ1) is 26.5. The van der Waals surface area contributed by atoms with E-state index < -0.39 is 50.1 Å². The van der Waals surface area contributed by atoms with Crippen molar-refractivity contribution in [3.05, 3.63) is 132 Å². The SMILES string of the molecule is O=C(Nc1ccc2ccc(S(=O)(=O)N[C@@H](Cc3ccc(O)cc3)C(=O)O)cc2c1)Nc1ccc2ccc(S(=O)(=O)N[C@@H](Cc3ccc(O)cc3)C(=O)O)cc2c1. The molecule has 6 rings (SSSR count). The second-order valence-corrected chi connectivity index (χ2v) is 16.2. The number of urea groups is 1. The maximum absolute atomic E-state index is 13.3. The number of carbonyl (C=O) groups is 3. The van der Waals surface area contributed by atoms with Crippen LogP contribution in [0.5, 0.6) is 11.5 Å². The van der Waals surface area contributed by atoms with Crippen molar-refractivity contribution in [3.8, 4) is 11.5 Å². The molecule has 0 aliphatic rings. The lowest BCUT2D eigenvalue weighted by Crippen LogP contribution is -2.42. The minimum atomic E-state index is -4.31. The van der Waals surface area contributed by atoms with Gasteiger partial charge in [-0.25, -0.2) is 21.6 Å². The molecule has 0 saturated carbocycles. The van der Waals surface area contributed by atoms with Gasteiger partial charge in [0, 0.05) is 11.4 Å². The van der Waals surface area contributed by atoms with Crippen molar-refractivity contribution in [2.45, 2.75) is 34.7 Å². The number of amides is 2. The van der Waals surface area contributed by atoms with Crippen molar-refractivity contribution >= 4 is 70.9 Å². The Kier molecular flexibility index (Phi) is 11.2. The third kappa shape index (κ3) is 9.57. The number of anilines is 2. The third-order valence-corrected chi connectivity index (χ3v) is 11.6. The second-order valence-electron chi connectivity index (χ2n) is 12.8. The number of aliphatic carboxylic acids is 2. The molecule has 0 unspecified atom stereocenters. The molecular formula is C39H34N4O11S2. The smallest absolute Gasteiger partial charge is 0.323 e. The lowest BCUT2D eigenvalue weighted by Gasteiger charge is -2.16. The quantitative estimate of drug-likeness (QED) is 0.0729. The van der Waals surface area contributed by atoms with Crippen LogP contribution in [0.1, 0.15) is 11.1 Å². The summed E-state index contributed by atoms with van der Waals surface area (Å²) in [6.07, 6.45) is -0.340. The van der Waals surface area contributed by atoms with E-state index in [1.165, 1.54) is 84.9 Å². The van der Waals surface area contributed by atoms with E-state index in [0.717, 1.165) is 0 Å².